The van der Waals surface area contributed by atoms with Gasteiger partial charge in [0, 0.05) is 22.2 Å². The number of nitrogens with zero attached hydrogens (tertiary/aromatic N) is 1. The number of hydrogen-bond acceptors (Lipinski definition) is 4. The smallest absolute Gasteiger partial charge is 0.257 e. The van der Waals surface area contributed by atoms with E-state index in [1.807, 2.05) is 6.07 Å². The van der Waals surface area contributed by atoms with Gasteiger partial charge in [-0.15, -0.1) is 0 Å². The van der Waals surface area contributed by atoms with Crippen molar-refractivity contribution in [3.8, 4) is 5.75 Å². The van der Waals surface area contributed by atoms with E-state index in [1.54, 1.807) is 55.5 Å². The highest BCUT2D eigenvalue weighted by Crippen LogP contribution is 2.27. The van der Waals surface area contributed by atoms with Crippen LogP contribution in [-0.4, -0.2) is 24.1 Å². The predicted octanol–water partition coefficient (Wildman–Crippen LogP) is 7.25. The van der Waals surface area contributed by atoms with Crippen LogP contribution in [0.2, 0.25) is 20.1 Å². The summed E-state index contributed by atoms with van der Waals surface area (Å²) >= 11 is 23.9. The molecule has 0 saturated heterocycles. The second-order valence-electron chi connectivity index (χ2n) is 7.42. The predicted molar refractivity (Wildman–Crippen MR) is 142 cm³/mol. The van der Waals surface area contributed by atoms with Crippen LogP contribution in [0.5, 0.6) is 5.75 Å². The summed E-state index contributed by atoms with van der Waals surface area (Å²) < 4.78 is 5.57. The van der Waals surface area contributed by atoms with E-state index in [-0.39, 0.29) is 23.3 Å². The fraction of sp³-hybridized carbons (Fsp3) is 0.160. The van der Waals surface area contributed by atoms with E-state index < -0.39 is 0 Å². The Hall–Kier alpha value is -2.77. The monoisotopic (exact) mass is 551 g/mol. The van der Waals surface area contributed by atoms with Gasteiger partial charge in [0.15, 0.2) is 0 Å². The van der Waals surface area contributed by atoms with Crippen LogP contribution in [0, 0.1) is 0 Å². The van der Waals surface area contributed by atoms with Crippen LogP contribution in [0.4, 0.5) is 5.69 Å². The summed E-state index contributed by atoms with van der Waals surface area (Å²) in [6.45, 7) is 2.07. The van der Waals surface area contributed by atoms with Crippen molar-refractivity contribution in [1.29, 1.82) is 0 Å². The molecular formula is C25H21Cl4N3O3. The van der Waals surface area contributed by atoms with Crippen molar-refractivity contribution in [2.45, 2.75) is 19.8 Å². The lowest BCUT2D eigenvalue weighted by Crippen LogP contribution is -2.19. The molecule has 0 bridgehead atoms. The molecule has 0 aliphatic heterocycles. The maximum atomic E-state index is 12.5. The maximum absolute atomic E-state index is 12.5. The number of ether oxygens (including phenoxy) is 1. The topological polar surface area (TPSA) is 79.8 Å². The van der Waals surface area contributed by atoms with Crippen molar-refractivity contribution >= 4 is 69.6 Å². The fourth-order valence-corrected chi connectivity index (χ4v) is 3.93. The van der Waals surface area contributed by atoms with Gasteiger partial charge < -0.3 is 10.1 Å². The van der Waals surface area contributed by atoms with Gasteiger partial charge in [-0.05, 0) is 67.4 Å². The summed E-state index contributed by atoms with van der Waals surface area (Å²) in [5.74, 6) is -0.110. The van der Waals surface area contributed by atoms with Crippen molar-refractivity contribution in [3.05, 3.63) is 91.9 Å². The summed E-state index contributed by atoms with van der Waals surface area (Å²) in [6, 6.07) is 16.7. The molecule has 3 aromatic carbocycles. The van der Waals surface area contributed by atoms with Gasteiger partial charge in [0.05, 0.1) is 27.9 Å². The second-order valence-corrected chi connectivity index (χ2v) is 9.11. The molecule has 2 amide bonds. The third-order valence-electron chi connectivity index (χ3n) is 4.76. The van der Waals surface area contributed by atoms with Crippen molar-refractivity contribution in [1.82, 2.24) is 5.43 Å². The minimum atomic E-state index is -0.367. The maximum Gasteiger partial charge on any atom is 0.257 e. The molecular weight excluding hydrogens is 532 g/mol. The van der Waals surface area contributed by atoms with E-state index in [4.69, 9.17) is 51.1 Å². The Kier molecular flexibility index (Phi) is 9.81. The number of rotatable bonds is 9. The summed E-state index contributed by atoms with van der Waals surface area (Å²) in [5.41, 5.74) is 4.69. The third-order valence-corrected chi connectivity index (χ3v) is 5.84. The highest BCUT2D eigenvalue weighted by atomic mass is 35.5. The number of halogens is 4. The number of benzene rings is 3. The quantitative estimate of drug-likeness (QED) is 0.167. The molecule has 0 atom stereocenters. The zero-order valence-corrected chi connectivity index (χ0v) is 21.6. The zero-order chi connectivity index (χ0) is 25.4. The first-order valence-electron chi connectivity index (χ1n) is 10.5. The molecule has 2 N–H and O–H groups in total. The van der Waals surface area contributed by atoms with Gasteiger partial charge in [-0.3, -0.25) is 9.59 Å². The largest absolute Gasteiger partial charge is 0.492 e. The van der Waals surface area contributed by atoms with Crippen LogP contribution < -0.4 is 15.5 Å². The second kappa shape index (κ2) is 12.8. The first-order valence-corrected chi connectivity index (χ1v) is 12.0. The summed E-state index contributed by atoms with van der Waals surface area (Å²) in [6.07, 6.45) is 0.702. The fourth-order valence-electron chi connectivity index (χ4n) is 2.97. The SMILES string of the molecule is C/C(=N/NC(=O)CCCOc1ccc(Cl)cc1Cl)c1cccc(NC(=O)c2ccc(Cl)cc2Cl)c1. The van der Waals surface area contributed by atoms with E-state index in [1.165, 1.54) is 6.07 Å². The van der Waals surface area contributed by atoms with Gasteiger partial charge in [-0.1, -0.05) is 58.5 Å². The first-order chi connectivity index (χ1) is 16.7. The Morgan fingerprint density at radius 3 is 2.34 bits per heavy atom. The van der Waals surface area contributed by atoms with Gasteiger partial charge in [0.1, 0.15) is 5.75 Å². The molecule has 0 fully saturated rings. The molecule has 0 saturated carbocycles. The Morgan fingerprint density at radius 1 is 0.914 bits per heavy atom. The Bertz CT molecular complexity index is 1260. The van der Waals surface area contributed by atoms with Crippen molar-refractivity contribution in [2.24, 2.45) is 5.10 Å². The normalized spacial score (nSPS) is 11.2. The summed E-state index contributed by atoms with van der Waals surface area (Å²) in [7, 11) is 0. The molecule has 0 radical (unpaired) electrons. The number of hydrazone groups is 1. The minimum Gasteiger partial charge on any atom is -0.492 e. The minimum absolute atomic E-state index is 0.222. The van der Waals surface area contributed by atoms with Crippen molar-refractivity contribution < 1.29 is 14.3 Å². The number of nitrogens with one attached hydrogen (secondary N) is 2. The number of hydrogen-bond donors (Lipinski definition) is 2. The highest BCUT2D eigenvalue weighted by molar-refractivity contribution is 6.37. The van der Waals surface area contributed by atoms with Gasteiger partial charge in [-0.2, -0.15) is 5.10 Å². The number of carbonyl (C=O) groups excluding carboxylic acids is 2. The van der Waals surface area contributed by atoms with Crippen LogP contribution in [0.25, 0.3) is 0 Å². The summed E-state index contributed by atoms with van der Waals surface area (Å²) in [5, 5.41) is 8.58. The molecule has 0 spiro atoms. The molecule has 3 rings (SSSR count). The lowest BCUT2D eigenvalue weighted by molar-refractivity contribution is -0.121. The van der Waals surface area contributed by atoms with E-state index in [0.717, 1.165) is 5.56 Å². The molecule has 35 heavy (non-hydrogen) atoms. The first kappa shape index (κ1) is 26.8. The number of anilines is 1. The molecule has 0 unspecified atom stereocenters. The Labute approximate surface area is 223 Å². The molecule has 6 nitrogen and oxygen atoms in total. The average molecular weight is 553 g/mol. The molecule has 0 aliphatic carbocycles. The molecule has 10 heteroatoms. The lowest BCUT2D eigenvalue weighted by atomic mass is 10.1. The molecule has 182 valence electrons. The Balaban J connectivity index is 1.50. The molecule has 3 aromatic rings. The van der Waals surface area contributed by atoms with E-state index in [0.29, 0.717) is 50.8 Å². The van der Waals surface area contributed by atoms with Gasteiger partial charge in [0.25, 0.3) is 5.91 Å². The van der Waals surface area contributed by atoms with Gasteiger partial charge >= 0.3 is 0 Å². The average Bonchev–Trinajstić information content (AvgIpc) is 2.81. The van der Waals surface area contributed by atoms with Crippen molar-refractivity contribution in [3.63, 3.8) is 0 Å². The highest BCUT2D eigenvalue weighted by Gasteiger charge is 2.12. The molecule has 0 aliphatic rings. The van der Waals surface area contributed by atoms with E-state index in [2.05, 4.69) is 15.8 Å². The van der Waals surface area contributed by atoms with Gasteiger partial charge in [-0.25, -0.2) is 5.43 Å². The third kappa shape index (κ3) is 8.15. The standard InChI is InChI=1S/C25H21Cl4N3O3/c1-15(31-32-24(33)6-3-11-35-23-10-8-18(27)14-22(23)29)16-4-2-5-19(12-16)30-25(34)20-9-7-17(26)13-21(20)28/h2,4-5,7-10,12-14H,3,6,11H2,1H3,(H,30,34)(H,32,33)/b31-15-. The molecule has 0 aromatic heterocycles. The van der Waals surface area contributed by atoms with E-state index >= 15 is 0 Å². The van der Waals surface area contributed by atoms with Gasteiger partial charge in [0.2, 0.25) is 5.91 Å². The summed E-state index contributed by atoms with van der Waals surface area (Å²) in [4.78, 5) is 24.7. The number of amides is 2. The zero-order valence-electron chi connectivity index (χ0n) is 18.6. The van der Waals surface area contributed by atoms with Crippen LogP contribution in [0.3, 0.4) is 0 Å². The van der Waals surface area contributed by atoms with Crippen LogP contribution in [0.1, 0.15) is 35.7 Å². The molecule has 0 heterocycles. The van der Waals surface area contributed by atoms with Crippen LogP contribution in [0.15, 0.2) is 65.8 Å². The Morgan fingerprint density at radius 2 is 1.63 bits per heavy atom. The number of carbonyl (C=O) groups is 2. The van der Waals surface area contributed by atoms with E-state index in [9.17, 15) is 9.59 Å². The van der Waals surface area contributed by atoms with Crippen LogP contribution >= 0.6 is 46.4 Å². The lowest BCUT2D eigenvalue weighted by Gasteiger charge is -2.09. The van der Waals surface area contributed by atoms with Crippen LogP contribution in [-0.2, 0) is 4.79 Å². The van der Waals surface area contributed by atoms with Crippen molar-refractivity contribution in [2.75, 3.05) is 11.9 Å².